The van der Waals surface area contributed by atoms with E-state index in [9.17, 15) is 14.4 Å². The van der Waals surface area contributed by atoms with Crippen LogP contribution < -0.4 is 0 Å². The fourth-order valence-corrected chi connectivity index (χ4v) is 7.52. The molecule has 0 saturated carbocycles. The van der Waals surface area contributed by atoms with Gasteiger partial charge in [0, 0.05) is 19.3 Å². The maximum Gasteiger partial charge on any atom is 0.305 e. The van der Waals surface area contributed by atoms with Gasteiger partial charge >= 0.3 is 17.9 Å². The van der Waals surface area contributed by atoms with Crippen molar-refractivity contribution in [1.29, 1.82) is 0 Å². The van der Waals surface area contributed by atoms with Crippen LogP contribution in [0.2, 0.25) is 0 Å². The molecule has 7 heteroatoms. The van der Waals surface area contributed by atoms with Gasteiger partial charge in [-0.05, 0) is 77.4 Å². The van der Waals surface area contributed by atoms with Crippen LogP contribution in [0.1, 0.15) is 265 Å². The Morgan fingerprint density at radius 1 is 0.281 bits per heavy atom. The molecule has 57 heavy (non-hydrogen) atoms. The van der Waals surface area contributed by atoms with Crippen molar-refractivity contribution >= 4 is 17.9 Å². The van der Waals surface area contributed by atoms with Gasteiger partial charge in [-0.3, -0.25) is 14.4 Å². The highest BCUT2D eigenvalue weighted by molar-refractivity contribution is 5.69. The molecule has 0 aliphatic heterocycles. The number of nitrogens with zero attached hydrogens (tertiary/aromatic N) is 1. The van der Waals surface area contributed by atoms with Gasteiger partial charge in [-0.1, -0.05) is 188 Å². The molecule has 0 aromatic carbocycles. The van der Waals surface area contributed by atoms with Crippen molar-refractivity contribution < 1.29 is 28.6 Å². The van der Waals surface area contributed by atoms with Gasteiger partial charge in [-0.2, -0.15) is 0 Å². The second-order valence-corrected chi connectivity index (χ2v) is 17.1. The van der Waals surface area contributed by atoms with E-state index in [4.69, 9.17) is 14.2 Å². The number of rotatable bonds is 47. The molecule has 0 rings (SSSR count). The normalized spacial score (nSPS) is 11.4. The lowest BCUT2D eigenvalue weighted by molar-refractivity contribution is -0.144. The van der Waals surface area contributed by atoms with Crippen LogP contribution in [-0.4, -0.2) is 62.3 Å². The van der Waals surface area contributed by atoms with Crippen LogP contribution >= 0.6 is 0 Å². The van der Waals surface area contributed by atoms with Crippen molar-refractivity contribution in [3.05, 3.63) is 0 Å². The summed E-state index contributed by atoms with van der Waals surface area (Å²) < 4.78 is 16.4. The third-order valence-corrected chi connectivity index (χ3v) is 11.3. The lowest BCUT2D eigenvalue weighted by atomic mass is 10.1. The maximum atomic E-state index is 12.2. The molecule has 338 valence electrons. The Balaban J connectivity index is 4.19. The van der Waals surface area contributed by atoms with E-state index >= 15 is 0 Å². The lowest BCUT2D eigenvalue weighted by Crippen LogP contribution is -2.27. The second kappa shape index (κ2) is 47.1. The van der Waals surface area contributed by atoms with Crippen LogP contribution in [0.15, 0.2) is 0 Å². The molecule has 0 aromatic rings. The Kier molecular flexibility index (Phi) is 45.7. The molecule has 0 aromatic heterocycles. The molecule has 0 radical (unpaired) electrons. The summed E-state index contributed by atoms with van der Waals surface area (Å²) in [5.74, 6) is -0.0686. The Hall–Kier alpha value is -1.63. The van der Waals surface area contributed by atoms with Gasteiger partial charge in [0.1, 0.15) is 0 Å². The van der Waals surface area contributed by atoms with Crippen LogP contribution in [0, 0.1) is 0 Å². The standard InChI is InChI=1S/C50H97NO6/c1-4-7-10-13-16-27-36-45-55-48(52)39-30-21-19-24-33-42-51(44-35-26-23-32-41-50(54)57-47-38-29-18-15-12-9-6-3)43-34-25-20-22-31-40-49(53)56-46-37-28-17-14-11-8-5-2/h4-47H2,1-3H3. The summed E-state index contributed by atoms with van der Waals surface area (Å²) in [5.41, 5.74) is 0. The fraction of sp³-hybridized carbons (Fsp3) is 0.940. The van der Waals surface area contributed by atoms with E-state index in [1.165, 1.54) is 161 Å². The van der Waals surface area contributed by atoms with E-state index in [0.29, 0.717) is 39.1 Å². The topological polar surface area (TPSA) is 82.1 Å². The molecule has 7 nitrogen and oxygen atoms in total. The summed E-state index contributed by atoms with van der Waals surface area (Å²) in [7, 11) is 0. The summed E-state index contributed by atoms with van der Waals surface area (Å²) in [6, 6.07) is 0. The number of carbonyl (C=O) groups is 3. The van der Waals surface area contributed by atoms with Gasteiger partial charge in [-0.15, -0.1) is 0 Å². The highest BCUT2D eigenvalue weighted by Gasteiger charge is 2.08. The van der Waals surface area contributed by atoms with Gasteiger partial charge < -0.3 is 19.1 Å². The molecule has 0 heterocycles. The molecule has 0 spiro atoms. The van der Waals surface area contributed by atoms with Crippen LogP contribution in [0.3, 0.4) is 0 Å². The van der Waals surface area contributed by atoms with Crippen molar-refractivity contribution in [2.75, 3.05) is 39.5 Å². The lowest BCUT2D eigenvalue weighted by Gasteiger charge is -2.22. The highest BCUT2D eigenvalue weighted by Crippen LogP contribution is 2.14. The summed E-state index contributed by atoms with van der Waals surface area (Å²) >= 11 is 0. The van der Waals surface area contributed by atoms with Gasteiger partial charge in [0.15, 0.2) is 0 Å². The number of hydrogen-bond donors (Lipinski definition) is 0. The van der Waals surface area contributed by atoms with Crippen molar-refractivity contribution in [2.24, 2.45) is 0 Å². The summed E-state index contributed by atoms with van der Waals surface area (Å²) in [6.07, 6.45) is 43.2. The summed E-state index contributed by atoms with van der Waals surface area (Å²) in [4.78, 5) is 39.1. The smallest absolute Gasteiger partial charge is 0.305 e. The van der Waals surface area contributed by atoms with E-state index in [2.05, 4.69) is 25.7 Å². The average molecular weight is 808 g/mol. The van der Waals surface area contributed by atoms with Gasteiger partial charge in [0.05, 0.1) is 19.8 Å². The molecule has 0 aliphatic carbocycles. The Morgan fingerprint density at radius 3 is 0.754 bits per heavy atom. The number of unbranched alkanes of at least 4 members (excludes halogenated alkanes) is 29. The molecule has 0 amide bonds. The molecule has 0 saturated heterocycles. The Morgan fingerprint density at radius 2 is 0.491 bits per heavy atom. The zero-order valence-corrected chi connectivity index (χ0v) is 38.5. The first-order chi connectivity index (χ1) is 28.0. The molecular weight excluding hydrogens is 711 g/mol. The van der Waals surface area contributed by atoms with Crippen molar-refractivity contribution in [2.45, 2.75) is 265 Å². The first kappa shape index (κ1) is 55.4. The SMILES string of the molecule is CCCCCCCCCOC(=O)CCCCCCCN(CCCCCCCC(=O)OCCCCCCCCC)CCCCCCC(=O)OCCCCCCCCC. The number of hydrogen-bond acceptors (Lipinski definition) is 7. The maximum absolute atomic E-state index is 12.2. The summed E-state index contributed by atoms with van der Waals surface area (Å²) in [6.45, 7) is 11.9. The van der Waals surface area contributed by atoms with Crippen molar-refractivity contribution in [3.63, 3.8) is 0 Å². The molecule has 0 bridgehead atoms. The van der Waals surface area contributed by atoms with Crippen molar-refractivity contribution in [3.8, 4) is 0 Å². The Labute approximate surface area is 354 Å². The van der Waals surface area contributed by atoms with Gasteiger partial charge in [0.25, 0.3) is 0 Å². The summed E-state index contributed by atoms with van der Waals surface area (Å²) in [5, 5.41) is 0. The molecule has 0 aliphatic rings. The van der Waals surface area contributed by atoms with Crippen molar-refractivity contribution in [1.82, 2.24) is 4.90 Å². The number of ether oxygens (including phenoxy) is 3. The predicted octanol–water partition coefficient (Wildman–Crippen LogP) is 14.8. The third kappa shape index (κ3) is 45.3. The van der Waals surface area contributed by atoms with Gasteiger partial charge in [-0.25, -0.2) is 0 Å². The number of carbonyl (C=O) groups excluding carboxylic acids is 3. The minimum atomic E-state index is -0.0246. The molecular formula is C50H97NO6. The van der Waals surface area contributed by atoms with E-state index in [0.717, 1.165) is 83.8 Å². The Bertz CT molecular complexity index is 805. The minimum Gasteiger partial charge on any atom is -0.466 e. The van der Waals surface area contributed by atoms with E-state index in [-0.39, 0.29) is 17.9 Å². The van der Waals surface area contributed by atoms with Crippen LogP contribution in [0.5, 0.6) is 0 Å². The minimum absolute atomic E-state index is 0.0220. The van der Waals surface area contributed by atoms with Crippen LogP contribution in [0.25, 0.3) is 0 Å². The third-order valence-electron chi connectivity index (χ3n) is 11.3. The van der Waals surface area contributed by atoms with Gasteiger partial charge in [0.2, 0.25) is 0 Å². The average Bonchev–Trinajstić information content (AvgIpc) is 3.21. The largest absolute Gasteiger partial charge is 0.466 e. The second-order valence-electron chi connectivity index (χ2n) is 17.1. The molecule has 0 unspecified atom stereocenters. The fourth-order valence-electron chi connectivity index (χ4n) is 7.52. The van der Waals surface area contributed by atoms with E-state index in [1.807, 2.05) is 0 Å². The first-order valence-corrected chi connectivity index (χ1v) is 25.2. The van der Waals surface area contributed by atoms with E-state index < -0.39 is 0 Å². The zero-order chi connectivity index (χ0) is 41.5. The first-order valence-electron chi connectivity index (χ1n) is 25.2. The van der Waals surface area contributed by atoms with Crippen LogP contribution in [-0.2, 0) is 28.6 Å². The van der Waals surface area contributed by atoms with E-state index in [1.54, 1.807) is 0 Å². The monoisotopic (exact) mass is 808 g/mol. The number of esters is 3. The molecule has 0 N–H and O–H groups in total. The van der Waals surface area contributed by atoms with Crippen LogP contribution in [0.4, 0.5) is 0 Å². The predicted molar refractivity (Wildman–Crippen MR) is 242 cm³/mol. The zero-order valence-electron chi connectivity index (χ0n) is 38.5. The molecule has 0 atom stereocenters. The highest BCUT2D eigenvalue weighted by atomic mass is 16.5. The quantitative estimate of drug-likeness (QED) is 0.0344. The molecule has 0 fully saturated rings.